The van der Waals surface area contributed by atoms with Gasteiger partial charge in [-0.25, -0.2) is 14.5 Å². The number of hydrogen-bond acceptors (Lipinski definition) is 6. The van der Waals surface area contributed by atoms with Crippen LogP contribution < -0.4 is 0 Å². The first kappa shape index (κ1) is 22.6. The summed E-state index contributed by atoms with van der Waals surface area (Å²) in [7, 11) is -4.68. The van der Waals surface area contributed by atoms with Crippen LogP contribution in [0.25, 0.3) is 22.5 Å². The quantitative estimate of drug-likeness (QED) is 0.460. The molecule has 1 fully saturated rings. The molecule has 0 radical (unpaired) electrons. The third-order valence-corrected chi connectivity index (χ3v) is 6.08. The minimum absolute atomic E-state index is 0.0975. The Kier molecular flexibility index (Phi) is 6.68. The maximum Gasteiger partial charge on any atom is 0.470 e. The van der Waals surface area contributed by atoms with Crippen LogP contribution in [0.3, 0.4) is 0 Å². The summed E-state index contributed by atoms with van der Waals surface area (Å²) in [6.07, 6.45) is 4.47. The van der Waals surface area contributed by atoms with Crippen molar-refractivity contribution in [3.8, 4) is 22.5 Å². The molecule has 0 bridgehead atoms. The van der Waals surface area contributed by atoms with Crippen molar-refractivity contribution in [1.29, 1.82) is 0 Å². The normalized spacial score (nSPS) is 15.2. The molecular weight excluding hydrogens is 457 g/mol. The van der Waals surface area contributed by atoms with Crippen molar-refractivity contribution in [3.63, 3.8) is 0 Å². The van der Waals surface area contributed by atoms with Crippen LogP contribution in [0, 0.1) is 0 Å². The molecule has 2 aromatic heterocycles. The van der Waals surface area contributed by atoms with Crippen LogP contribution in [0.1, 0.15) is 24.5 Å². The van der Waals surface area contributed by atoms with E-state index < -0.39 is 20.3 Å². The Morgan fingerprint density at radius 1 is 1.22 bits per heavy atom. The van der Waals surface area contributed by atoms with Gasteiger partial charge in [0.25, 0.3) is 0 Å². The number of benzene rings is 1. The lowest BCUT2D eigenvalue weighted by Gasteiger charge is -2.32. The molecule has 10 nitrogen and oxygen atoms in total. The van der Waals surface area contributed by atoms with E-state index in [0.717, 1.165) is 28.2 Å². The predicted octanol–water partition coefficient (Wildman–Crippen LogP) is 3.00. The zero-order chi connectivity index (χ0) is 22.7. The molecule has 1 aliphatic heterocycles. The Hall–Kier alpha value is -2.62. The summed E-state index contributed by atoms with van der Waals surface area (Å²) >= 11 is 6.04. The minimum Gasteiger partial charge on any atom is -0.341 e. The molecule has 0 aliphatic carbocycles. The second-order valence-electron chi connectivity index (χ2n) is 7.38. The topological polar surface area (TPSA) is 142 Å². The van der Waals surface area contributed by atoms with Gasteiger partial charge in [0.05, 0.1) is 5.69 Å². The second-order valence-corrected chi connectivity index (χ2v) is 9.06. The van der Waals surface area contributed by atoms with Crippen molar-refractivity contribution in [2.45, 2.75) is 18.8 Å². The molecule has 0 atom stereocenters. The van der Waals surface area contributed by atoms with Crippen LogP contribution in [0.5, 0.6) is 0 Å². The summed E-state index contributed by atoms with van der Waals surface area (Å²) in [5.74, 6) is -0.352. The number of phosphoric ester groups is 1. The lowest BCUT2D eigenvalue weighted by atomic mass is 9.89. The summed E-state index contributed by atoms with van der Waals surface area (Å²) in [4.78, 5) is 39.8. The molecule has 12 heteroatoms. The first-order chi connectivity index (χ1) is 15.3. The highest BCUT2D eigenvalue weighted by Gasteiger charge is 2.30. The molecule has 1 aliphatic rings. The third kappa shape index (κ3) is 5.23. The Morgan fingerprint density at radius 2 is 1.94 bits per heavy atom. The highest BCUT2D eigenvalue weighted by Crippen LogP contribution is 2.39. The van der Waals surface area contributed by atoms with Gasteiger partial charge in [-0.15, -0.1) is 0 Å². The molecule has 1 saturated heterocycles. The first-order valence-corrected chi connectivity index (χ1v) is 11.8. The maximum atomic E-state index is 12.2. The summed E-state index contributed by atoms with van der Waals surface area (Å²) in [6.45, 7) is 0.227. The number of piperidine rings is 1. The van der Waals surface area contributed by atoms with E-state index in [1.807, 2.05) is 18.2 Å². The molecule has 1 aromatic carbocycles. The second kappa shape index (κ2) is 9.48. The van der Waals surface area contributed by atoms with Crippen LogP contribution in [-0.4, -0.2) is 60.5 Å². The molecule has 0 spiro atoms. The van der Waals surface area contributed by atoms with Gasteiger partial charge in [0, 0.05) is 47.0 Å². The van der Waals surface area contributed by atoms with Gasteiger partial charge in [-0.2, -0.15) is 5.10 Å². The number of carbonyl (C=O) groups excluding carboxylic acids is 1. The van der Waals surface area contributed by atoms with Crippen molar-refractivity contribution in [2.75, 3.05) is 19.7 Å². The number of nitrogens with zero attached hydrogens (tertiary/aromatic N) is 4. The fourth-order valence-corrected chi connectivity index (χ4v) is 4.22. The highest BCUT2D eigenvalue weighted by molar-refractivity contribution is 7.46. The third-order valence-electron chi connectivity index (χ3n) is 5.36. The number of likely N-dealkylation sites (tertiary alicyclic amines) is 1. The van der Waals surface area contributed by atoms with Crippen LogP contribution in [0.15, 0.2) is 42.9 Å². The van der Waals surface area contributed by atoms with Crippen LogP contribution in [0.4, 0.5) is 0 Å². The van der Waals surface area contributed by atoms with Crippen molar-refractivity contribution >= 4 is 25.3 Å². The maximum absolute atomic E-state index is 12.2. The van der Waals surface area contributed by atoms with E-state index >= 15 is 0 Å². The molecule has 3 aromatic rings. The van der Waals surface area contributed by atoms with Gasteiger partial charge < -0.3 is 14.7 Å². The molecule has 1 amide bonds. The van der Waals surface area contributed by atoms with Gasteiger partial charge in [-0.3, -0.25) is 14.4 Å². The molecule has 3 heterocycles. The van der Waals surface area contributed by atoms with E-state index in [-0.39, 0.29) is 5.92 Å². The number of hydrogen-bond donors (Lipinski definition) is 3. The fraction of sp³-hybridized carbons (Fsp3) is 0.300. The van der Waals surface area contributed by atoms with E-state index in [9.17, 15) is 9.36 Å². The standard InChI is InChI=1S/C20H21ClN5O5P/c21-15-3-1-13(2-4-15)19-18(16-5-8-22-12-23-16)20(25-24-19)14-6-9-26(10-7-14)17(27)11-31-32(28,29)30/h1-5,8,12,14H,6-7,9-11H2,(H,24,25)(H2,28,29,30). The SMILES string of the molecule is O=C(COP(=O)(O)O)N1CCC(c2[nH]nc(-c3ccc(Cl)cc3)c2-c2ccncn2)CC1. The van der Waals surface area contributed by atoms with Gasteiger partial charge in [0.1, 0.15) is 18.6 Å². The fourth-order valence-electron chi connectivity index (χ4n) is 3.81. The van der Waals surface area contributed by atoms with Gasteiger partial charge in [-0.1, -0.05) is 23.7 Å². The lowest BCUT2D eigenvalue weighted by Crippen LogP contribution is -2.39. The van der Waals surface area contributed by atoms with Gasteiger partial charge in [0.15, 0.2) is 0 Å². The molecule has 168 valence electrons. The number of halogens is 1. The number of phosphoric acid groups is 1. The highest BCUT2D eigenvalue weighted by atomic mass is 35.5. The number of H-pyrrole nitrogens is 1. The number of aromatic nitrogens is 4. The number of amides is 1. The lowest BCUT2D eigenvalue weighted by molar-refractivity contribution is -0.134. The van der Waals surface area contributed by atoms with E-state index in [1.54, 1.807) is 23.2 Å². The van der Waals surface area contributed by atoms with E-state index in [4.69, 9.17) is 21.4 Å². The van der Waals surface area contributed by atoms with Crippen molar-refractivity contribution in [1.82, 2.24) is 25.1 Å². The zero-order valence-electron chi connectivity index (χ0n) is 16.9. The van der Waals surface area contributed by atoms with Crippen molar-refractivity contribution in [2.24, 2.45) is 0 Å². The van der Waals surface area contributed by atoms with Crippen molar-refractivity contribution < 1.29 is 23.7 Å². The molecule has 32 heavy (non-hydrogen) atoms. The number of aromatic amines is 1. The Balaban J connectivity index is 1.56. The summed E-state index contributed by atoms with van der Waals surface area (Å²) in [5, 5.41) is 8.37. The Bertz CT molecular complexity index is 1130. The first-order valence-electron chi connectivity index (χ1n) is 9.90. The molecule has 0 saturated carbocycles. The Labute approximate surface area is 188 Å². The minimum atomic E-state index is -4.68. The number of nitrogens with one attached hydrogen (secondary N) is 1. The number of rotatable bonds is 6. The van der Waals surface area contributed by atoms with E-state index in [2.05, 4.69) is 24.7 Å². The van der Waals surface area contributed by atoms with Crippen LogP contribution >= 0.6 is 19.4 Å². The molecule has 3 N–H and O–H groups in total. The smallest absolute Gasteiger partial charge is 0.341 e. The molecule has 4 rings (SSSR count). The van der Waals surface area contributed by atoms with Gasteiger partial charge >= 0.3 is 7.82 Å². The van der Waals surface area contributed by atoms with Gasteiger partial charge in [-0.05, 0) is 31.0 Å². The zero-order valence-corrected chi connectivity index (χ0v) is 18.5. The van der Waals surface area contributed by atoms with E-state index in [0.29, 0.717) is 31.0 Å². The largest absolute Gasteiger partial charge is 0.470 e. The summed E-state index contributed by atoms with van der Waals surface area (Å²) in [5.41, 5.74) is 4.19. The molecule has 0 unspecified atom stereocenters. The van der Waals surface area contributed by atoms with Crippen molar-refractivity contribution in [3.05, 3.63) is 53.6 Å². The average Bonchev–Trinajstić information content (AvgIpc) is 3.23. The predicted molar refractivity (Wildman–Crippen MR) is 117 cm³/mol. The van der Waals surface area contributed by atoms with Gasteiger partial charge in [0.2, 0.25) is 5.91 Å². The Morgan fingerprint density at radius 3 is 2.56 bits per heavy atom. The average molecular weight is 478 g/mol. The summed E-state index contributed by atoms with van der Waals surface area (Å²) in [6, 6.07) is 9.23. The number of carbonyl (C=O) groups is 1. The van der Waals surface area contributed by atoms with Crippen LogP contribution in [-0.2, 0) is 13.9 Å². The van der Waals surface area contributed by atoms with E-state index in [1.165, 1.54) is 6.33 Å². The summed E-state index contributed by atoms with van der Waals surface area (Å²) < 4.78 is 15.2. The monoisotopic (exact) mass is 477 g/mol. The molecular formula is C20H21ClN5O5P. The van der Waals surface area contributed by atoms with Crippen LogP contribution in [0.2, 0.25) is 5.02 Å².